The summed E-state index contributed by atoms with van der Waals surface area (Å²) in [6.45, 7) is 2.47. The maximum atomic E-state index is 12.1. The molecule has 0 radical (unpaired) electrons. The van der Waals surface area contributed by atoms with Crippen LogP contribution in [-0.2, 0) is 13.5 Å². The molecule has 1 aromatic rings. The lowest BCUT2D eigenvalue weighted by Crippen LogP contribution is -2.46. The predicted octanol–water partition coefficient (Wildman–Crippen LogP) is 1.75. The first-order valence-electron chi connectivity index (χ1n) is 7.18. The number of likely N-dealkylation sites (tertiary alicyclic amines) is 1. The maximum absolute atomic E-state index is 12.1. The minimum Gasteiger partial charge on any atom is -0.338 e. The van der Waals surface area contributed by atoms with Crippen LogP contribution in [0.15, 0.2) is 12.4 Å². The van der Waals surface area contributed by atoms with Gasteiger partial charge in [-0.1, -0.05) is 0 Å². The Balaban J connectivity index is 1.71. The molecular formula is C14H24N4OS. The van der Waals surface area contributed by atoms with Gasteiger partial charge in [0.05, 0.1) is 6.20 Å². The second-order valence-corrected chi connectivity index (χ2v) is 6.32. The van der Waals surface area contributed by atoms with E-state index >= 15 is 0 Å². The Morgan fingerprint density at radius 3 is 3.15 bits per heavy atom. The number of urea groups is 1. The number of carbonyl (C=O) groups is 1. The fourth-order valence-corrected chi connectivity index (χ4v) is 3.39. The average Bonchev–Trinajstić information content (AvgIpc) is 2.85. The quantitative estimate of drug-likeness (QED) is 0.900. The molecule has 0 unspecified atom stereocenters. The predicted molar refractivity (Wildman–Crippen MR) is 83.0 cm³/mol. The molecule has 2 amide bonds. The molecule has 1 fully saturated rings. The Hall–Kier alpha value is -1.17. The Labute approximate surface area is 125 Å². The number of nitrogens with one attached hydrogen (secondary N) is 1. The van der Waals surface area contributed by atoms with E-state index in [1.165, 1.54) is 6.42 Å². The highest BCUT2D eigenvalue weighted by Gasteiger charge is 2.22. The van der Waals surface area contributed by atoms with Gasteiger partial charge in [0.25, 0.3) is 0 Å². The van der Waals surface area contributed by atoms with Gasteiger partial charge in [0.2, 0.25) is 0 Å². The van der Waals surface area contributed by atoms with Crippen molar-refractivity contribution < 1.29 is 4.79 Å². The molecule has 1 aliphatic rings. The van der Waals surface area contributed by atoms with Gasteiger partial charge < -0.3 is 10.2 Å². The highest BCUT2D eigenvalue weighted by Crippen LogP contribution is 2.19. The lowest BCUT2D eigenvalue weighted by molar-refractivity contribution is 0.171. The third-order valence-electron chi connectivity index (χ3n) is 3.66. The van der Waals surface area contributed by atoms with Crippen molar-refractivity contribution in [2.75, 3.05) is 31.6 Å². The Bertz CT molecular complexity index is 433. The molecule has 1 N–H and O–H groups in total. The monoisotopic (exact) mass is 296 g/mol. The molecule has 1 saturated heterocycles. The number of nitrogens with zero attached hydrogens (tertiary/aromatic N) is 3. The van der Waals surface area contributed by atoms with Gasteiger partial charge in [-0.3, -0.25) is 4.68 Å². The van der Waals surface area contributed by atoms with Crippen molar-refractivity contribution in [3.63, 3.8) is 0 Å². The summed E-state index contributed by atoms with van der Waals surface area (Å²) in [5.74, 6) is 1.81. The number of rotatable bonds is 5. The summed E-state index contributed by atoms with van der Waals surface area (Å²) in [6.07, 6.45) is 9.18. The van der Waals surface area contributed by atoms with E-state index < -0.39 is 0 Å². The molecule has 112 valence electrons. The van der Waals surface area contributed by atoms with Crippen LogP contribution in [0.25, 0.3) is 0 Å². The molecular weight excluding hydrogens is 272 g/mol. The van der Waals surface area contributed by atoms with Gasteiger partial charge in [-0.2, -0.15) is 16.9 Å². The normalized spacial score (nSPS) is 19.1. The molecule has 5 nitrogen and oxygen atoms in total. The smallest absolute Gasteiger partial charge is 0.317 e. The van der Waals surface area contributed by atoms with E-state index in [0.29, 0.717) is 12.5 Å². The number of hydrogen-bond donors (Lipinski definition) is 1. The van der Waals surface area contributed by atoms with E-state index in [1.54, 1.807) is 4.68 Å². The van der Waals surface area contributed by atoms with Crippen LogP contribution in [0.2, 0.25) is 0 Å². The fourth-order valence-electron chi connectivity index (χ4n) is 2.65. The summed E-state index contributed by atoms with van der Waals surface area (Å²) in [4.78, 5) is 14.1. The first kappa shape index (κ1) is 15.2. The van der Waals surface area contributed by atoms with Gasteiger partial charge in [0, 0.05) is 32.9 Å². The molecule has 2 heterocycles. The number of thioether (sulfide) groups is 1. The largest absolute Gasteiger partial charge is 0.338 e. The van der Waals surface area contributed by atoms with Gasteiger partial charge in [-0.05, 0) is 42.8 Å². The number of hydrogen-bond acceptors (Lipinski definition) is 3. The average molecular weight is 296 g/mol. The van der Waals surface area contributed by atoms with E-state index in [0.717, 1.165) is 37.2 Å². The summed E-state index contributed by atoms with van der Waals surface area (Å²) in [5, 5.41) is 7.14. The molecule has 1 aliphatic heterocycles. The molecule has 6 heteroatoms. The van der Waals surface area contributed by atoms with Gasteiger partial charge in [-0.25, -0.2) is 4.79 Å². The first-order valence-corrected chi connectivity index (χ1v) is 8.57. The van der Waals surface area contributed by atoms with E-state index in [9.17, 15) is 4.79 Å². The van der Waals surface area contributed by atoms with Crippen molar-refractivity contribution in [2.24, 2.45) is 13.0 Å². The summed E-state index contributed by atoms with van der Waals surface area (Å²) in [7, 11) is 1.90. The maximum Gasteiger partial charge on any atom is 0.317 e. The molecule has 0 aromatic carbocycles. The molecule has 0 bridgehead atoms. The van der Waals surface area contributed by atoms with Gasteiger partial charge in [0.15, 0.2) is 0 Å². The Morgan fingerprint density at radius 2 is 2.45 bits per heavy atom. The van der Waals surface area contributed by atoms with Crippen LogP contribution in [0.1, 0.15) is 18.4 Å². The van der Waals surface area contributed by atoms with Crippen LogP contribution in [0.4, 0.5) is 4.79 Å². The number of amides is 2. The summed E-state index contributed by atoms with van der Waals surface area (Å²) < 4.78 is 1.79. The minimum atomic E-state index is 0.0830. The van der Waals surface area contributed by atoms with Crippen LogP contribution in [-0.4, -0.2) is 52.4 Å². The molecule has 2 rings (SSSR count). The van der Waals surface area contributed by atoms with Crippen LogP contribution in [0.3, 0.4) is 0 Å². The standard InChI is InChI=1S/C14H24N4OS/c1-17-9-12(8-16-17)5-6-15-14(19)18-7-3-4-13(10-18)11-20-2/h8-9,13H,3-7,10-11H2,1-2H3,(H,15,19)/t13-/m1/s1. The third-order valence-corrected chi connectivity index (χ3v) is 4.46. The van der Waals surface area contributed by atoms with Crippen molar-refractivity contribution in [2.45, 2.75) is 19.3 Å². The Morgan fingerprint density at radius 1 is 1.60 bits per heavy atom. The molecule has 20 heavy (non-hydrogen) atoms. The lowest BCUT2D eigenvalue weighted by Gasteiger charge is -2.32. The number of aryl methyl sites for hydroxylation is 1. The van der Waals surface area contributed by atoms with E-state index in [4.69, 9.17) is 0 Å². The van der Waals surface area contributed by atoms with Crippen molar-refractivity contribution in [1.82, 2.24) is 20.0 Å². The Kier molecular flexibility index (Phi) is 5.76. The highest BCUT2D eigenvalue weighted by molar-refractivity contribution is 7.98. The van der Waals surface area contributed by atoms with E-state index in [1.807, 2.05) is 36.1 Å². The van der Waals surface area contributed by atoms with Crippen LogP contribution < -0.4 is 5.32 Å². The number of piperidine rings is 1. The number of carbonyl (C=O) groups excluding carboxylic acids is 1. The molecule has 0 aliphatic carbocycles. The van der Waals surface area contributed by atoms with Crippen molar-refractivity contribution >= 4 is 17.8 Å². The van der Waals surface area contributed by atoms with Crippen LogP contribution in [0, 0.1) is 5.92 Å². The van der Waals surface area contributed by atoms with E-state index in [2.05, 4.69) is 16.7 Å². The zero-order chi connectivity index (χ0) is 14.4. The fraction of sp³-hybridized carbons (Fsp3) is 0.714. The van der Waals surface area contributed by atoms with Crippen molar-refractivity contribution in [3.8, 4) is 0 Å². The molecule has 0 spiro atoms. The van der Waals surface area contributed by atoms with Crippen molar-refractivity contribution in [1.29, 1.82) is 0 Å². The van der Waals surface area contributed by atoms with Gasteiger partial charge >= 0.3 is 6.03 Å². The van der Waals surface area contributed by atoms with Crippen molar-refractivity contribution in [3.05, 3.63) is 18.0 Å². The highest BCUT2D eigenvalue weighted by atomic mass is 32.2. The van der Waals surface area contributed by atoms with Gasteiger partial charge in [-0.15, -0.1) is 0 Å². The SMILES string of the molecule is CSC[C@@H]1CCCN(C(=O)NCCc2cnn(C)c2)C1. The van der Waals surface area contributed by atoms with E-state index in [-0.39, 0.29) is 6.03 Å². The number of aromatic nitrogens is 2. The minimum absolute atomic E-state index is 0.0830. The zero-order valence-electron chi connectivity index (χ0n) is 12.3. The molecule has 1 atom stereocenters. The summed E-state index contributed by atoms with van der Waals surface area (Å²) in [6, 6.07) is 0.0830. The first-order chi connectivity index (χ1) is 9.69. The molecule has 0 saturated carbocycles. The second-order valence-electron chi connectivity index (χ2n) is 5.41. The lowest BCUT2D eigenvalue weighted by atomic mass is 10.0. The molecule has 1 aromatic heterocycles. The van der Waals surface area contributed by atoms with Crippen LogP contribution in [0.5, 0.6) is 0 Å². The van der Waals surface area contributed by atoms with Gasteiger partial charge in [0.1, 0.15) is 0 Å². The van der Waals surface area contributed by atoms with Crippen LogP contribution >= 0.6 is 11.8 Å². The summed E-state index contributed by atoms with van der Waals surface area (Å²) in [5.41, 5.74) is 1.16. The summed E-state index contributed by atoms with van der Waals surface area (Å²) >= 11 is 1.87. The topological polar surface area (TPSA) is 50.2 Å². The second kappa shape index (κ2) is 7.57. The zero-order valence-corrected chi connectivity index (χ0v) is 13.2. The third kappa shape index (κ3) is 4.44.